The molecular weight excluding hydrogens is 386 g/mol. The summed E-state index contributed by atoms with van der Waals surface area (Å²) in [6.07, 6.45) is 2.53. The van der Waals surface area contributed by atoms with E-state index in [9.17, 15) is 4.79 Å². The number of ether oxygens (including phenoxy) is 2. The molecule has 0 aliphatic carbocycles. The van der Waals surface area contributed by atoms with Crippen LogP contribution < -0.4 is 14.8 Å². The second-order valence-electron chi connectivity index (χ2n) is 8.03. The summed E-state index contributed by atoms with van der Waals surface area (Å²) >= 11 is 0. The van der Waals surface area contributed by atoms with E-state index in [0.29, 0.717) is 17.9 Å². The quantitative estimate of drug-likeness (QED) is 0.509. The third kappa shape index (κ3) is 4.58. The molecule has 31 heavy (non-hydrogen) atoms. The van der Waals surface area contributed by atoms with Crippen LogP contribution in [-0.2, 0) is 6.61 Å². The fourth-order valence-electron chi connectivity index (χ4n) is 4.18. The van der Waals surface area contributed by atoms with Crippen molar-refractivity contribution in [3.8, 4) is 11.5 Å². The number of para-hydroxylation sites is 2. The van der Waals surface area contributed by atoms with Gasteiger partial charge in [-0.05, 0) is 36.6 Å². The molecule has 4 heteroatoms. The van der Waals surface area contributed by atoms with Crippen LogP contribution in [0.1, 0.15) is 60.6 Å². The van der Waals surface area contributed by atoms with E-state index in [4.69, 9.17) is 9.47 Å². The van der Waals surface area contributed by atoms with Crippen LogP contribution in [0.4, 0.5) is 0 Å². The number of carbonyl (C=O) groups is 1. The summed E-state index contributed by atoms with van der Waals surface area (Å²) in [5.74, 6) is 1.31. The minimum Gasteiger partial charge on any atom is -0.488 e. The lowest BCUT2D eigenvalue weighted by molar-refractivity contribution is 0.0227. The molecule has 3 aromatic carbocycles. The highest BCUT2D eigenvalue weighted by Crippen LogP contribution is 2.42. The van der Waals surface area contributed by atoms with Crippen LogP contribution in [0, 0.1) is 0 Å². The third-order valence-electron chi connectivity index (χ3n) is 6.16. The zero-order chi connectivity index (χ0) is 21.7. The Morgan fingerprint density at radius 1 is 0.968 bits per heavy atom. The summed E-state index contributed by atoms with van der Waals surface area (Å²) in [6.45, 7) is 4.70. The molecule has 4 rings (SSSR count). The number of fused-ring (bicyclic) bond motifs is 1. The van der Waals surface area contributed by atoms with E-state index < -0.39 is 0 Å². The average molecular weight is 416 g/mol. The Morgan fingerprint density at radius 2 is 1.65 bits per heavy atom. The minimum atomic E-state index is -0.268. The van der Waals surface area contributed by atoms with Crippen molar-refractivity contribution >= 4 is 5.91 Å². The molecule has 1 aliphatic heterocycles. The van der Waals surface area contributed by atoms with E-state index in [1.54, 1.807) is 0 Å². The Balaban J connectivity index is 1.55. The molecule has 4 nitrogen and oxygen atoms in total. The lowest BCUT2D eigenvalue weighted by Crippen LogP contribution is -2.44. The topological polar surface area (TPSA) is 47.6 Å². The van der Waals surface area contributed by atoms with E-state index in [1.165, 1.54) is 0 Å². The first-order valence-corrected chi connectivity index (χ1v) is 11.0. The van der Waals surface area contributed by atoms with Crippen LogP contribution in [0.15, 0.2) is 78.9 Å². The minimum absolute atomic E-state index is 0.112. The summed E-state index contributed by atoms with van der Waals surface area (Å²) in [6, 6.07) is 25.3. The average Bonchev–Trinajstić information content (AvgIpc) is 2.83. The molecule has 3 aromatic rings. The standard InChI is InChI=1S/C27H29NO3/c1-3-27(4-2)18-23(21-14-8-11-17-25(21)31-27)28-26(29)22-15-9-10-16-24(22)30-19-20-12-6-5-7-13-20/h5-17,23H,3-4,18-19H2,1-2H3,(H,28,29)/t23-/m1/s1. The third-order valence-corrected chi connectivity index (χ3v) is 6.16. The molecule has 0 aromatic heterocycles. The highest BCUT2D eigenvalue weighted by Gasteiger charge is 2.39. The van der Waals surface area contributed by atoms with Crippen molar-refractivity contribution in [1.82, 2.24) is 5.32 Å². The van der Waals surface area contributed by atoms with Gasteiger partial charge in [0, 0.05) is 12.0 Å². The zero-order valence-corrected chi connectivity index (χ0v) is 18.1. The molecule has 0 fully saturated rings. The zero-order valence-electron chi connectivity index (χ0n) is 18.1. The van der Waals surface area contributed by atoms with Gasteiger partial charge >= 0.3 is 0 Å². The Bertz CT molecular complexity index is 1030. The first-order valence-electron chi connectivity index (χ1n) is 11.0. The van der Waals surface area contributed by atoms with Gasteiger partial charge in [-0.1, -0.05) is 74.5 Å². The molecule has 1 atom stereocenters. The van der Waals surface area contributed by atoms with Crippen molar-refractivity contribution in [2.45, 2.75) is 51.4 Å². The fourth-order valence-corrected chi connectivity index (χ4v) is 4.18. The predicted molar refractivity (Wildman–Crippen MR) is 122 cm³/mol. The van der Waals surface area contributed by atoms with E-state index in [0.717, 1.165) is 36.1 Å². The van der Waals surface area contributed by atoms with Crippen LogP contribution in [0.2, 0.25) is 0 Å². The molecule has 0 bridgehead atoms. The van der Waals surface area contributed by atoms with Crippen molar-refractivity contribution in [2.75, 3.05) is 0 Å². The summed E-state index contributed by atoms with van der Waals surface area (Å²) in [5, 5.41) is 3.25. The summed E-state index contributed by atoms with van der Waals surface area (Å²) in [7, 11) is 0. The number of hydrogen-bond acceptors (Lipinski definition) is 3. The first kappa shape index (κ1) is 21.0. The van der Waals surface area contributed by atoms with Gasteiger partial charge in [-0.15, -0.1) is 0 Å². The molecule has 0 saturated heterocycles. The monoisotopic (exact) mass is 415 g/mol. The smallest absolute Gasteiger partial charge is 0.255 e. The van der Waals surface area contributed by atoms with Crippen LogP contribution in [-0.4, -0.2) is 11.5 Å². The van der Waals surface area contributed by atoms with Crippen LogP contribution >= 0.6 is 0 Å². The number of nitrogens with one attached hydrogen (secondary N) is 1. The Kier molecular flexibility index (Phi) is 6.26. The lowest BCUT2D eigenvalue weighted by atomic mass is 9.83. The number of rotatable bonds is 7. The van der Waals surface area contributed by atoms with Gasteiger partial charge in [0.05, 0.1) is 11.6 Å². The number of carbonyl (C=O) groups excluding carboxylic acids is 1. The van der Waals surface area contributed by atoms with Crippen molar-refractivity contribution in [1.29, 1.82) is 0 Å². The highest BCUT2D eigenvalue weighted by atomic mass is 16.5. The molecule has 1 heterocycles. The fraction of sp³-hybridized carbons (Fsp3) is 0.296. The molecule has 0 radical (unpaired) electrons. The Morgan fingerprint density at radius 3 is 2.42 bits per heavy atom. The van der Waals surface area contributed by atoms with Gasteiger partial charge in [-0.25, -0.2) is 0 Å². The predicted octanol–water partition coefficient (Wildman–Crippen LogP) is 6.08. The number of amides is 1. The molecule has 0 saturated carbocycles. The van der Waals surface area contributed by atoms with E-state index >= 15 is 0 Å². The highest BCUT2D eigenvalue weighted by molar-refractivity contribution is 5.97. The van der Waals surface area contributed by atoms with Crippen LogP contribution in [0.5, 0.6) is 11.5 Å². The van der Waals surface area contributed by atoms with Crippen molar-refractivity contribution < 1.29 is 14.3 Å². The SMILES string of the molecule is CCC1(CC)C[C@@H](NC(=O)c2ccccc2OCc2ccccc2)c2ccccc2O1. The maximum Gasteiger partial charge on any atom is 0.255 e. The summed E-state index contributed by atoms with van der Waals surface area (Å²) < 4.78 is 12.4. The Hall–Kier alpha value is -3.27. The van der Waals surface area contributed by atoms with Gasteiger partial charge in [-0.3, -0.25) is 4.79 Å². The van der Waals surface area contributed by atoms with Crippen molar-refractivity contribution in [3.63, 3.8) is 0 Å². The van der Waals surface area contributed by atoms with Gasteiger partial charge in [-0.2, -0.15) is 0 Å². The molecular formula is C27H29NO3. The van der Waals surface area contributed by atoms with Gasteiger partial charge in [0.1, 0.15) is 23.7 Å². The summed E-state index contributed by atoms with van der Waals surface area (Å²) in [5.41, 5.74) is 2.36. The van der Waals surface area contributed by atoms with Crippen molar-refractivity contribution in [3.05, 3.63) is 95.6 Å². The van der Waals surface area contributed by atoms with E-state index in [-0.39, 0.29) is 17.6 Å². The van der Waals surface area contributed by atoms with Crippen LogP contribution in [0.3, 0.4) is 0 Å². The second kappa shape index (κ2) is 9.25. The largest absolute Gasteiger partial charge is 0.488 e. The molecule has 0 spiro atoms. The molecule has 0 unspecified atom stereocenters. The normalized spacial score (nSPS) is 16.6. The van der Waals surface area contributed by atoms with Gasteiger partial charge < -0.3 is 14.8 Å². The molecule has 1 aliphatic rings. The maximum absolute atomic E-state index is 13.3. The van der Waals surface area contributed by atoms with Gasteiger partial charge in [0.15, 0.2) is 0 Å². The number of hydrogen-bond donors (Lipinski definition) is 1. The van der Waals surface area contributed by atoms with E-state index in [1.807, 2.05) is 78.9 Å². The van der Waals surface area contributed by atoms with E-state index in [2.05, 4.69) is 19.2 Å². The number of benzene rings is 3. The molecule has 160 valence electrons. The molecule has 1 amide bonds. The second-order valence-corrected chi connectivity index (χ2v) is 8.03. The molecule has 1 N–H and O–H groups in total. The van der Waals surface area contributed by atoms with Crippen molar-refractivity contribution in [2.24, 2.45) is 0 Å². The van der Waals surface area contributed by atoms with Gasteiger partial charge in [0.25, 0.3) is 5.91 Å². The first-order chi connectivity index (χ1) is 15.1. The summed E-state index contributed by atoms with van der Waals surface area (Å²) in [4.78, 5) is 13.3. The van der Waals surface area contributed by atoms with Gasteiger partial charge in [0.2, 0.25) is 0 Å². The Labute approximate surface area is 184 Å². The van der Waals surface area contributed by atoms with Crippen LogP contribution in [0.25, 0.3) is 0 Å². The lowest BCUT2D eigenvalue weighted by Gasteiger charge is -2.41. The maximum atomic E-state index is 13.3.